The van der Waals surface area contributed by atoms with E-state index in [1.54, 1.807) is 0 Å². The predicted molar refractivity (Wildman–Crippen MR) is 58.2 cm³/mol. The van der Waals surface area contributed by atoms with Gasteiger partial charge in [-0.1, -0.05) is 5.92 Å². The molecule has 0 atom stereocenters. The van der Waals surface area contributed by atoms with Crippen LogP contribution in [0.4, 0.5) is 0 Å². The van der Waals surface area contributed by atoms with Gasteiger partial charge in [0.25, 0.3) is 0 Å². The standard InChI is InChI=1S/C11H20N2O/c1-3-10-14-11-9-13-6-4-5-12(2)7-8-13/h1H,4-11H2,2H3. The summed E-state index contributed by atoms with van der Waals surface area (Å²) < 4.78 is 5.26. The quantitative estimate of drug-likeness (QED) is 0.474. The minimum absolute atomic E-state index is 0.438. The summed E-state index contributed by atoms with van der Waals surface area (Å²) >= 11 is 0. The number of hydrogen-bond acceptors (Lipinski definition) is 3. The molecule has 0 bridgehead atoms. The third kappa shape index (κ3) is 4.61. The molecule has 1 saturated heterocycles. The normalized spacial score (nSPS) is 20.3. The fourth-order valence-corrected chi connectivity index (χ4v) is 1.65. The first-order valence-corrected chi connectivity index (χ1v) is 5.25. The van der Waals surface area contributed by atoms with Crippen LogP contribution in [0.2, 0.25) is 0 Å². The van der Waals surface area contributed by atoms with Crippen LogP contribution in [0.3, 0.4) is 0 Å². The third-order valence-electron chi connectivity index (χ3n) is 2.55. The summed E-state index contributed by atoms with van der Waals surface area (Å²) in [6, 6.07) is 0. The zero-order valence-corrected chi connectivity index (χ0v) is 9.04. The van der Waals surface area contributed by atoms with Crippen molar-refractivity contribution in [2.75, 3.05) is 53.0 Å². The molecule has 0 unspecified atom stereocenters. The number of rotatable bonds is 4. The molecule has 0 aromatic heterocycles. The Morgan fingerprint density at radius 1 is 1.29 bits per heavy atom. The fraction of sp³-hybridized carbons (Fsp3) is 0.818. The van der Waals surface area contributed by atoms with Gasteiger partial charge in [-0.3, -0.25) is 4.90 Å². The van der Waals surface area contributed by atoms with Crippen LogP contribution in [0.25, 0.3) is 0 Å². The second kappa shape index (κ2) is 6.83. The Kier molecular flexibility index (Phi) is 5.62. The number of hydrogen-bond donors (Lipinski definition) is 0. The maximum atomic E-state index is 5.26. The van der Waals surface area contributed by atoms with Gasteiger partial charge in [0.05, 0.1) is 6.61 Å². The first-order chi connectivity index (χ1) is 6.83. The smallest absolute Gasteiger partial charge is 0.107 e. The van der Waals surface area contributed by atoms with Crippen LogP contribution < -0.4 is 0 Å². The molecule has 14 heavy (non-hydrogen) atoms. The average molecular weight is 196 g/mol. The minimum Gasteiger partial charge on any atom is -0.367 e. The summed E-state index contributed by atoms with van der Waals surface area (Å²) in [7, 11) is 2.18. The SMILES string of the molecule is C#CCOCCN1CCCN(C)CC1. The lowest BCUT2D eigenvalue weighted by Gasteiger charge is -2.19. The molecule has 3 heteroatoms. The summed E-state index contributed by atoms with van der Waals surface area (Å²) in [5.74, 6) is 2.48. The Morgan fingerprint density at radius 2 is 2.14 bits per heavy atom. The Hall–Kier alpha value is -0.560. The highest BCUT2D eigenvalue weighted by Crippen LogP contribution is 2.00. The van der Waals surface area contributed by atoms with E-state index in [-0.39, 0.29) is 0 Å². The first kappa shape index (κ1) is 11.5. The molecule has 0 amide bonds. The topological polar surface area (TPSA) is 15.7 Å². The molecule has 0 N–H and O–H groups in total. The summed E-state index contributed by atoms with van der Waals surface area (Å²) in [4.78, 5) is 4.82. The Labute approximate surface area is 87.0 Å². The highest BCUT2D eigenvalue weighted by atomic mass is 16.5. The number of ether oxygens (including phenoxy) is 1. The molecule has 80 valence electrons. The minimum atomic E-state index is 0.438. The molecule has 0 aromatic rings. The highest BCUT2D eigenvalue weighted by Gasteiger charge is 2.10. The van der Waals surface area contributed by atoms with Crippen molar-refractivity contribution in [2.45, 2.75) is 6.42 Å². The van der Waals surface area contributed by atoms with Crippen LogP contribution in [0.5, 0.6) is 0 Å². The maximum Gasteiger partial charge on any atom is 0.107 e. The van der Waals surface area contributed by atoms with Gasteiger partial charge in [0.1, 0.15) is 6.61 Å². The van der Waals surface area contributed by atoms with Crippen LogP contribution in [-0.4, -0.2) is 62.8 Å². The van der Waals surface area contributed by atoms with E-state index in [1.807, 2.05) is 0 Å². The molecule has 1 rings (SSSR count). The van der Waals surface area contributed by atoms with E-state index in [9.17, 15) is 0 Å². The van der Waals surface area contributed by atoms with Gasteiger partial charge in [-0.2, -0.15) is 0 Å². The molecule has 3 nitrogen and oxygen atoms in total. The van der Waals surface area contributed by atoms with Crippen molar-refractivity contribution in [3.05, 3.63) is 0 Å². The summed E-state index contributed by atoms with van der Waals surface area (Å²) in [6.45, 7) is 6.91. The Balaban J connectivity index is 2.08. The van der Waals surface area contributed by atoms with E-state index in [2.05, 4.69) is 22.8 Å². The number of nitrogens with zero attached hydrogens (tertiary/aromatic N) is 2. The molecule has 0 aliphatic carbocycles. The summed E-state index contributed by atoms with van der Waals surface area (Å²) in [6.07, 6.45) is 6.35. The molecule has 0 saturated carbocycles. The van der Waals surface area contributed by atoms with Crippen LogP contribution in [0, 0.1) is 12.3 Å². The molecule has 1 aliphatic heterocycles. The van der Waals surface area contributed by atoms with Gasteiger partial charge in [-0.05, 0) is 26.6 Å². The van der Waals surface area contributed by atoms with E-state index in [4.69, 9.17) is 11.2 Å². The molecule has 0 spiro atoms. The Bertz CT molecular complexity index is 188. The van der Waals surface area contributed by atoms with Crippen LogP contribution in [0.15, 0.2) is 0 Å². The molecule has 1 aliphatic rings. The van der Waals surface area contributed by atoms with E-state index < -0.39 is 0 Å². The first-order valence-electron chi connectivity index (χ1n) is 5.25. The van der Waals surface area contributed by atoms with Crippen LogP contribution in [0.1, 0.15) is 6.42 Å². The van der Waals surface area contributed by atoms with Gasteiger partial charge >= 0.3 is 0 Å². The maximum absolute atomic E-state index is 5.26. The van der Waals surface area contributed by atoms with Crippen molar-refractivity contribution >= 4 is 0 Å². The van der Waals surface area contributed by atoms with E-state index in [0.717, 1.165) is 26.2 Å². The van der Waals surface area contributed by atoms with Crippen LogP contribution >= 0.6 is 0 Å². The second-order valence-electron chi connectivity index (χ2n) is 3.76. The van der Waals surface area contributed by atoms with E-state index in [0.29, 0.717) is 6.61 Å². The third-order valence-corrected chi connectivity index (χ3v) is 2.55. The van der Waals surface area contributed by atoms with Gasteiger partial charge < -0.3 is 9.64 Å². The van der Waals surface area contributed by atoms with Crippen molar-refractivity contribution < 1.29 is 4.74 Å². The lowest BCUT2D eigenvalue weighted by molar-refractivity contribution is 0.129. The van der Waals surface area contributed by atoms with E-state index in [1.165, 1.54) is 19.5 Å². The van der Waals surface area contributed by atoms with Crippen LogP contribution in [-0.2, 0) is 4.74 Å². The van der Waals surface area contributed by atoms with Crippen molar-refractivity contribution in [3.8, 4) is 12.3 Å². The molecular weight excluding hydrogens is 176 g/mol. The zero-order valence-electron chi connectivity index (χ0n) is 9.04. The van der Waals surface area contributed by atoms with Gasteiger partial charge in [-0.15, -0.1) is 6.42 Å². The van der Waals surface area contributed by atoms with Crippen molar-refractivity contribution in [1.82, 2.24) is 9.80 Å². The van der Waals surface area contributed by atoms with Gasteiger partial charge in [0.2, 0.25) is 0 Å². The van der Waals surface area contributed by atoms with E-state index >= 15 is 0 Å². The highest BCUT2D eigenvalue weighted by molar-refractivity contribution is 4.82. The molecule has 1 heterocycles. The number of likely N-dealkylation sites (N-methyl/N-ethyl adjacent to an activating group) is 1. The fourth-order valence-electron chi connectivity index (χ4n) is 1.65. The van der Waals surface area contributed by atoms with Gasteiger partial charge in [0, 0.05) is 19.6 Å². The average Bonchev–Trinajstić information content (AvgIpc) is 2.38. The number of terminal acetylenes is 1. The summed E-state index contributed by atoms with van der Waals surface area (Å²) in [5.41, 5.74) is 0. The second-order valence-corrected chi connectivity index (χ2v) is 3.76. The lowest BCUT2D eigenvalue weighted by Crippen LogP contribution is -2.31. The molecule has 0 radical (unpaired) electrons. The zero-order chi connectivity index (χ0) is 10.2. The van der Waals surface area contributed by atoms with Gasteiger partial charge in [-0.25, -0.2) is 0 Å². The van der Waals surface area contributed by atoms with Crippen molar-refractivity contribution in [1.29, 1.82) is 0 Å². The Morgan fingerprint density at radius 3 is 2.93 bits per heavy atom. The molecule has 0 aromatic carbocycles. The largest absolute Gasteiger partial charge is 0.367 e. The van der Waals surface area contributed by atoms with Crippen molar-refractivity contribution in [3.63, 3.8) is 0 Å². The molecular formula is C11H20N2O. The summed E-state index contributed by atoms with van der Waals surface area (Å²) in [5, 5.41) is 0. The lowest BCUT2D eigenvalue weighted by atomic mass is 10.4. The predicted octanol–water partition coefficient (Wildman–Crippen LogP) is 0.274. The van der Waals surface area contributed by atoms with Gasteiger partial charge in [0.15, 0.2) is 0 Å². The molecule has 1 fully saturated rings. The van der Waals surface area contributed by atoms with Crippen molar-refractivity contribution in [2.24, 2.45) is 0 Å². The monoisotopic (exact) mass is 196 g/mol.